The third-order valence-corrected chi connectivity index (χ3v) is 2.81. The minimum atomic E-state index is -0.429. The van der Waals surface area contributed by atoms with Crippen LogP contribution in [0.2, 0.25) is 0 Å². The molecule has 0 aliphatic heterocycles. The fourth-order valence-corrected chi connectivity index (χ4v) is 1.71. The topological polar surface area (TPSA) is 66.4 Å². The van der Waals surface area contributed by atoms with Gasteiger partial charge < -0.3 is 28.8 Å². The molecule has 6 nitrogen and oxygen atoms in total. The molecular weight excluding hydrogens is 240 g/mol. The highest BCUT2D eigenvalue weighted by Gasteiger charge is 2.41. The Hall–Kier alpha value is -0.240. The van der Waals surface area contributed by atoms with E-state index in [1.54, 1.807) is 14.2 Å². The molecule has 0 saturated heterocycles. The molecule has 18 heavy (non-hydrogen) atoms. The Labute approximate surface area is 108 Å². The molecule has 0 spiro atoms. The van der Waals surface area contributed by atoms with Crippen LogP contribution in [0.15, 0.2) is 0 Å². The fraction of sp³-hybridized carbons (Fsp3) is 1.00. The SMILES string of the molecule is COCCOCCOC1CC(O)C1OCCOC. The van der Waals surface area contributed by atoms with Crippen LogP contribution in [0.3, 0.4) is 0 Å². The van der Waals surface area contributed by atoms with E-state index in [9.17, 15) is 5.11 Å². The van der Waals surface area contributed by atoms with Crippen molar-refractivity contribution in [2.75, 3.05) is 53.9 Å². The normalized spacial score (nSPS) is 27.2. The van der Waals surface area contributed by atoms with Gasteiger partial charge in [0.2, 0.25) is 0 Å². The Morgan fingerprint density at radius 1 is 0.889 bits per heavy atom. The van der Waals surface area contributed by atoms with Crippen molar-refractivity contribution in [3.05, 3.63) is 0 Å². The molecule has 0 aromatic heterocycles. The van der Waals surface area contributed by atoms with E-state index in [1.165, 1.54) is 0 Å². The van der Waals surface area contributed by atoms with Gasteiger partial charge in [-0.3, -0.25) is 0 Å². The second kappa shape index (κ2) is 9.66. The van der Waals surface area contributed by atoms with Gasteiger partial charge in [0, 0.05) is 20.6 Å². The Morgan fingerprint density at radius 3 is 2.17 bits per heavy atom. The van der Waals surface area contributed by atoms with E-state index in [0.717, 1.165) is 0 Å². The second-order valence-corrected chi connectivity index (χ2v) is 4.15. The molecule has 1 saturated carbocycles. The van der Waals surface area contributed by atoms with Crippen molar-refractivity contribution in [1.82, 2.24) is 0 Å². The van der Waals surface area contributed by atoms with Crippen LogP contribution < -0.4 is 0 Å². The molecule has 1 aliphatic carbocycles. The summed E-state index contributed by atoms with van der Waals surface area (Å²) < 4.78 is 26.1. The van der Waals surface area contributed by atoms with Crippen LogP contribution in [0.25, 0.3) is 0 Å². The van der Waals surface area contributed by atoms with Crippen LogP contribution in [0.1, 0.15) is 6.42 Å². The lowest BCUT2D eigenvalue weighted by molar-refractivity contribution is -0.198. The van der Waals surface area contributed by atoms with Crippen molar-refractivity contribution in [1.29, 1.82) is 0 Å². The van der Waals surface area contributed by atoms with Crippen molar-refractivity contribution in [2.45, 2.75) is 24.7 Å². The summed E-state index contributed by atoms with van der Waals surface area (Å²) in [4.78, 5) is 0. The maximum absolute atomic E-state index is 9.56. The summed E-state index contributed by atoms with van der Waals surface area (Å²) in [6.45, 7) is 3.19. The zero-order valence-corrected chi connectivity index (χ0v) is 11.2. The summed E-state index contributed by atoms with van der Waals surface area (Å²) in [5, 5.41) is 9.56. The molecule has 6 heteroatoms. The zero-order valence-electron chi connectivity index (χ0n) is 11.2. The molecule has 0 aromatic carbocycles. The van der Waals surface area contributed by atoms with E-state index < -0.39 is 6.10 Å². The van der Waals surface area contributed by atoms with Gasteiger partial charge >= 0.3 is 0 Å². The number of aliphatic hydroxyl groups is 1. The third kappa shape index (κ3) is 5.60. The average molecular weight is 264 g/mol. The lowest BCUT2D eigenvalue weighted by Gasteiger charge is -2.40. The number of methoxy groups -OCH3 is 2. The van der Waals surface area contributed by atoms with E-state index >= 15 is 0 Å². The minimum Gasteiger partial charge on any atom is -0.390 e. The average Bonchev–Trinajstić information content (AvgIpc) is 2.37. The predicted octanol–water partition coefficient (Wildman–Crippen LogP) is -0.169. The van der Waals surface area contributed by atoms with Crippen LogP contribution in [0.5, 0.6) is 0 Å². The Bertz CT molecular complexity index is 201. The molecule has 108 valence electrons. The molecule has 0 amide bonds. The van der Waals surface area contributed by atoms with Crippen molar-refractivity contribution >= 4 is 0 Å². The van der Waals surface area contributed by atoms with Crippen LogP contribution in [0, 0.1) is 0 Å². The van der Waals surface area contributed by atoms with E-state index in [-0.39, 0.29) is 12.2 Å². The van der Waals surface area contributed by atoms with Crippen molar-refractivity contribution < 1.29 is 28.8 Å². The van der Waals surface area contributed by atoms with Crippen LogP contribution in [0.4, 0.5) is 0 Å². The first kappa shape index (κ1) is 15.8. The quantitative estimate of drug-likeness (QED) is 0.523. The standard InChI is InChI=1S/C12H24O6/c1-14-3-5-16-6-8-17-11-9-10(13)12(11)18-7-4-15-2/h10-13H,3-9H2,1-2H3. The van der Waals surface area contributed by atoms with Crippen molar-refractivity contribution in [3.63, 3.8) is 0 Å². The van der Waals surface area contributed by atoms with E-state index in [0.29, 0.717) is 46.1 Å². The highest BCUT2D eigenvalue weighted by Crippen LogP contribution is 2.27. The van der Waals surface area contributed by atoms with Gasteiger partial charge in [0.25, 0.3) is 0 Å². The molecule has 0 heterocycles. The molecule has 0 radical (unpaired) electrons. The van der Waals surface area contributed by atoms with Gasteiger partial charge in [-0.05, 0) is 0 Å². The van der Waals surface area contributed by atoms with Gasteiger partial charge in [0.15, 0.2) is 0 Å². The highest BCUT2D eigenvalue weighted by atomic mass is 16.6. The van der Waals surface area contributed by atoms with Crippen molar-refractivity contribution in [2.24, 2.45) is 0 Å². The van der Waals surface area contributed by atoms with Crippen molar-refractivity contribution in [3.8, 4) is 0 Å². The number of aliphatic hydroxyl groups excluding tert-OH is 1. The van der Waals surface area contributed by atoms with Gasteiger partial charge in [-0.1, -0.05) is 0 Å². The molecule has 3 atom stereocenters. The number of hydrogen-bond donors (Lipinski definition) is 1. The van der Waals surface area contributed by atoms with E-state index in [1.807, 2.05) is 0 Å². The van der Waals surface area contributed by atoms with Gasteiger partial charge in [0.05, 0.1) is 51.8 Å². The third-order valence-electron chi connectivity index (χ3n) is 2.81. The van der Waals surface area contributed by atoms with E-state index in [4.69, 9.17) is 23.7 Å². The predicted molar refractivity (Wildman–Crippen MR) is 64.7 cm³/mol. The monoisotopic (exact) mass is 264 g/mol. The largest absolute Gasteiger partial charge is 0.390 e. The molecule has 1 fully saturated rings. The summed E-state index contributed by atoms with van der Waals surface area (Å²) in [6.07, 6.45) is -0.0845. The first-order chi connectivity index (χ1) is 8.79. The summed E-state index contributed by atoms with van der Waals surface area (Å²) in [5.41, 5.74) is 0. The first-order valence-corrected chi connectivity index (χ1v) is 6.26. The Kier molecular flexibility index (Phi) is 8.49. The zero-order chi connectivity index (χ0) is 13.2. The Balaban J connectivity index is 2.00. The van der Waals surface area contributed by atoms with Gasteiger partial charge in [-0.15, -0.1) is 0 Å². The van der Waals surface area contributed by atoms with E-state index in [2.05, 4.69) is 0 Å². The number of ether oxygens (including phenoxy) is 5. The molecule has 1 N–H and O–H groups in total. The first-order valence-electron chi connectivity index (χ1n) is 6.26. The minimum absolute atomic E-state index is 0.0390. The summed E-state index contributed by atoms with van der Waals surface area (Å²) in [6, 6.07) is 0. The van der Waals surface area contributed by atoms with Gasteiger partial charge in [-0.2, -0.15) is 0 Å². The molecule has 1 aliphatic rings. The molecule has 0 aromatic rings. The summed E-state index contributed by atoms with van der Waals surface area (Å²) in [7, 11) is 3.25. The van der Waals surface area contributed by atoms with Crippen LogP contribution in [-0.2, 0) is 23.7 Å². The highest BCUT2D eigenvalue weighted by molar-refractivity contribution is 4.91. The smallest absolute Gasteiger partial charge is 0.110 e. The van der Waals surface area contributed by atoms with Gasteiger partial charge in [-0.25, -0.2) is 0 Å². The number of hydrogen-bond acceptors (Lipinski definition) is 6. The maximum Gasteiger partial charge on any atom is 0.110 e. The summed E-state index contributed by atoms with van der Waals surface area (Å²) >= 11 is 0. The number of rotatable bonds is 11. The van der Waals surface area contributed by atoms with Gasteiger partial charge in [0.1, 0.15) is 6.10 Å². The fourth-order valence-electron chi connectivity index (χ4n) is 1.71. The summed E-state index contributed by atoms with van der Waals surface area (Å²) in [5.74, 6) is 0. The molecular formula is C12H24O6. The molecule has 0 bridgehead atoms. The second-order valence-electron chi connectivity index (χ2n) is 4.15. The van der Waals surface area contributed by atoms with Crippen LogP contribution >= 0.6 is 0 Å². The Morgan fingerprint density at radius 2 is 1.50 bits per heavy atom. The lowest BCUT2D eigenvalue weighted by atomic mass is 9.88. The maximum atomic E-state index is 9.56. The van der Waals surface area contributed by atoms with Crippen LogP contribution in [-0.4, -0.2) is 77.3 Å². The molecule has 3 unspecified atom stereocenters. The molecule has 1 rings (SSSR count). The lowest BCUT2D eigenvalue weighted by Crippen LogP contribution is -2.54.